The van der Waals surface area contributed by atoms with Crippen molar-refractivity contribution in [3.63, 3.8) is 0 Å². The van der Waals surface area contributed by atoms with Crippen molar-refractivity contribution in [3.8, 4) is 0 Å². The largest absolute Gasteiger partial charge is 0.143 e. The lowest BCUT2D eigenvalue weighted by molar-refractivity contribution is 1.17. The molecule has 0 aliphatic carbocycles. The molecule has 19 heavy (non-hydrogen) atoms. The number of hydrogen-bond acceptors (Lipinski definition) is 1. The average molecular weight is 372 g/mol. The maximum absolute atomic E-state index is 6.63. The molecule has 0 nitrogen and oxygen atoms in total. The molecule has 0 saturated heterocycles. The van der Waals surface area contributed by atoms with E-state index < -0.39 is 0 Å². The summed E-state index contributed by atoms with van der Waals surface area (Å²) in [6.45, 7) is 0. The van der Waals surface area contributed by atoms with Crippen LogP contribution in [0.4, 0.5) is 0 Å². The first kappa shape index (κ1) is 13.4. The highest BCUT2D eigenvalue weighted by molar-refractivity contribution is 9.10. The minimum atomic E-state index is -0.235. The Hall–Kier alpha value is -0.540. The summed E-state index contributed by atoms with van der Waals surface area (Å²) in [7, 11) is 0. The number of alkyl halides is 1. The Morgan fingerprint density at radius 3 is 2.68 bits per heavy atom. The molecule has 1 atom stereocenters. The van der Waals surface area contributed by atoms with Gasteiger partial charge in [0.25, 0.3) is 0 Å². The molecule has 0 spiro atoms. The number of halogens is 3. The molecule has 3 aromatic rings. The fraction of sp³-hybridized carbons (Fsp3) is 0.0667. The van der Waals surface area contributed by atoms with Crippen molar-refractivity contribution < 1.29 is 0 Å². The van der Waals surface area contributed by atoms with E-state index in [0.29, 0.717) is 5.02 Å². The lowest BCUT2D eigenvalue weighted by atomic mass is 10.0. The maximum atomic E-state index is 6.63. The van der Waals surface area contributed by atoms with Crippen molar-refractivity contribution in [1.82, 2.24) is 0 Å². The minimum Gasteiger partial charge on any atom is -0.143 e. The summed E-state index contributed by atoms with van der Waals surface area (Å²) in [6.07, 6.45) is 0. The summed E-state index contributed by atoms with van der Waals surface area (Å²) in [5.74, 6) is 0. The maximum Gasteiger partial charge on any atom is 0.0864 e. The van der Waals surface area contributed by atoms with E-state index in [-0.39, 0.29) is 5.38 Å². The second kappa shape index (κ2) is 5.45. The normalized spacial score (nSPS) is 12.8. The van der Waals surface area contributed by atoms with Crippen molar-refractivity contribution >= 4 is 60.6 Å². The van der Waals surface area contributed by atoms with Crippen LogP contribution in [-0.2, 0) is 0 Å². The van der Waals surface area contributed by atoms with Crippen molar-refractivity contribution in [2.45, 2.75) is 5.38 Å². The Morgan fingerprint density at radius 2 is 1.84 bits per heavy atom. The molecular weight excluding hydrogens is 363 g/mol. The first-order valence-corrected chi connectivity index (χ1v) is 8.20. The molecule has 3 rings (SSSR count). The first-order valence-electron chi connectivity index (χ1n) is 5.72. The quantitative estimate of drug-likeness (QED) is 0.442. The third kappa shape index (κ3) is 2.55. The van der Waals surface area contributed by atoms with E-state index in [1.807, 2.05) is 30.3 Å². The SMILES string of the molecule is Clc1ccc(Br)cc1C(Cl)c1csc2ccccc12. The van der Waals surface area contributed by atoms with Crippen LogP contribution in [0.5, 0.6) is 0 Å². The number of thiophene rings is 1. The number of benzene rings is 2. The van der Waals surface area contributed by atoms with E-state index in [4.69, 9.17) is 23.2 Å². The molecule has 4 heteroatoms. The Morgan fingerprint density at radius 1 is 1.05 bits per heavy atom. The predicted octanol–water partition coefficient (Wildman–Crippen LogP) is 6.65. The van der Waals surface area contributed by atoms with Crippen LogP contribution in [0.15, 0.2) is 52.3 Å². The second-order valence-corrected chi connectivity index (χ2v) is 6.89. The fourth-order valence-electron chi connectivity index (χ4n) is 2.07. The topological polar surface area (TPSA) is 0 Å². The van der Waals surface area contributed by atoms with Gasteiger partial charge in [0.1, 0.15) is 0 Å². The summed E-state index contributed by atoms with van der Waals surface area (Å²) in [5.41, 5.74) is 2.04. The van der Waals surface area contributed by atoms with E-state index in [1.54, 1.807) is 11.3 Å². The van der Waals surface area contributed by atoms with Gasteiger partial charge >= 0.3 is 0 Å². The molecule has 0 aliphatic rings. The Balaban J connectivity index is 2.13. The molecule has 0 fully saturated rings. The lowest BCUT2D eigenvalue weighted by Crippen LogP contribution is -1.93. The van der Waals surface area contributed by atoms with E-state index in [9.17, 15) is 0 Å². The summed E-state index contributed by atoms with van der Waals surface area (Å²) in [5, 5.41) is 3.77. The molecule has 0 amide bonds. The van der Waals surface area contributed by atoms with Crippen molar-refractivity contribution in [2.24, 2.45) is 0 Å². The van der Waals surface area contributed by atoms with Crippen LogP contribution in [-0.4, -0.2) is 0 Å². The van der Waals surface area contributed by atoms with Gasteiger partial charge < -0.3 is 0 Å². The molecule has 2 aromatic carbocycles. The molecule has 0 aliphatic heterocycles. The fourth-order valence-corrected chi connectivity index (χ4v) is 4.16. The molecule has 0 radical (unpaired) electrons. The highest BCUT2D eigenvalue weighted by Crippen LogP contribution is 2.40. The van der Waals surface area contributed by atoms with E-state index in [2.05, 4.69) is 33.4 Å². The van der Waals surface area contributed by atoms with Crippen LogP contribution in [0.2, 0.25) is 5.02 Å². The van der Waals surface area contributed by atoms with Gasteiger partial charge in [0.2, 0.25) is 0 Å². The van der Waals surface area contributed by atoms with Crippen LogP contribution in [0, 0.1) is 0 Å². The van der Waals surface area contributed by atoms with Crippen molar-refractivity contribution in [2.75, 3.05) is 0 Å². The molecule has 1 heterocycles. The van der Waals surface area contributed by atoms with Gasteiger partial charge in [-0.2, -0.15) is 0 Å². The number of fused-ring (bicyclic) bond motifs is 1. The van der Waals surface area contributed by atoms with Gasteiger partial charge in [-0.1, -0.05) is 45.7 Å². The summed E-state index contributed by atoms with van der Waals surface area (Å²) < 4.78 is 2.23. The van der Waals surface area contributed by atoms with Gasteiger partial charge in [-0.25, -0.2) is 0 Å². The van der Waals surface area contributed by atoms with E-state index in [1.165, 1.54) is 10.1 Å². The zero-order valence-electron chi connectivity index (χ0n) is 9.74. The van der Waals surface area contributed by atoms with Crippen molar-refractivity contribution in [3.05, 3.63) is 68.5 Å². The predicted molar refractivity (Wildman–Crippen MR) is 88.7 cm³/mol. The van der Waals surface area contributed by atoms with Gasteiger partial charge in [-0.15, -0.1) is 22.9 Å². The van der Waals surface area contributed by atoms with E-state index >= 15 is 0 Å². The monoisotopic (exact) mass is 370 g/mol. The van der Waals surface area contributed by atoms with Crippen LogP contribution in [0.25, 0.3) is 10.1 Å². The van der Waals surface area contributed by atoms with E-state index in [0.717, 1.165) is 15.6 Å². The first-order chi connectivity index (χ1) is 9.16. The highest BCUT2D eigenvalue weighted by atomic mass is 79.9. The zero-order valence-corrected chi connectivity index (χ0v) is 13.7. The molecule has 0 saturated carbocycles. The van der Waals surface area contributed by atoms with Crippen LogP contribution in [0.1, 0.15) is 16.5 Å². The zero-order chi connectivity index (χ0) is 13.4. The third-order valence-electron chi connectivity index (χ3n) is 3.02. The molecule has 1 unspecified atom stereocenters. The van der Waals surface area contributed by atoms with Gasteiger partial charge in [0, 0.05) is 14.2 Å². The summed E-state index contributed by atoms with van der Waals surface area (Å²) in [4.78, 5) is 0. The van der Waals surface area contributed by atoms with Gasteiger partial charge in [0.15, 0.2) is 0 Å². The second-order valence-electron chi connectivity index (χ2n) is 4.22. The standard InChI is InChI=1S/C15H9BrCl2S/c16-9-5-6-13(17)11(7-9)15(18)12-8-19-14-4-2-1-3-10(12)14/h1-8,15H. The number of hydrogen-bond donors (Lipinski definition) is 0. The molecule has 0 N–H and O–H groups in total. The van der Waals surface area contributed by atoms with Gasteiger partial charge in [0.05, 0.1) is 5.38 Å². The Kier molecular flexibility index (Phi) is 3.86. The summed E-state index contributed by atoms with van der Waals surface area (Å²) in [6, 6.07) is 14.0. The van der Waals surface area contributed by atoms with Crippen LogP contribution >= 0.6 is 50.5 Å². The Labute approximate surface area is 134 Å². The lowest BCUT2D eigenvalue weighted by Gasteiger charge is -2.12. The van der Waals surface area contributed by atoms with Crippen molar-refractivity contribution in [1.29, 1.82) is 0 Å². The van der Waals surface area contributed by atoms with Gasteiger partial charge in [-0.3, -0.25) is 0 Å². The molecule has 96 valence electrons. The summed E-state index contributed by atoms with van der Waals surface area (Å²) >= 11 is 18.1. The molecular formula is C15H9BrCl2S. The minimum absolute atomic E-state index is 0.235. The smallest absolute Gasteiger partial charge is 0.0864 e. The van der Waals surface area contributed by atoms with Gasteiger partial charge in [-0.05, 0) is 46.2 Å². The number of rotatable bonds is 2. The molecule has 1 aromatic heterocycles. The average Bonchev–Trinajstić information content (AvgIpc) is 2.84. The highest BCUT2D eigenvalue weighted by Gasteiger charge is 2.18. The third-order valence-corrected chi connectivity index (χ3v) is 5.30. The van der Waals surface area contributed by atoms with Crippen LogP contribution < -0.4 is 0 Å². The van der Waals surface area contributed by atoms with Crippen LogP contribution in [0.3, 0.4) is 0 Å². The Bertz CT molecular complexity index is 736. The molecule has 0 bridgehead atoms.